The lowest BCUT2D eigenvalue weighted by atomic mass is 10.3. The molecule has 25 heavy (non-hydrogen) atoms. The van der Waals surface area contributed by atoms with E-state index in [2.05, 4.69) is 20.8 Å². The van der Waals surface area contributed by atoms with E-state index in [-0.39, 0.29) is 11.8 Å². The molecule has 0 saturated carbocycles. The standard InChI is InChI=1S/C18H26BrN3O3/c1-14(25-16-7-5-15(19)6-8-16)18(24)22-10-4-9-21(11-12-22)13-17(23)20(2)3/h5-8,14H,4,9-13H2,1-3H3. The van der Waals surface area contributed by atoms with Gasteiger partial charge in [-0.15, -0.1) is 0 Å². The largest absolute Gasteiger partial charge is 0.481 e. The highest BCUT2D eigenvalue weighted by Crippen LogP contribution is 2.18. The van der Waals surface area contributed by atoms with Crippen molar-refractivity contribution in [3.8, 4) is 5.75 Å². The van der Waals surface area contributed by atoms with Crippen LogP contribution in [0.15, 0.2) is 28.7 Å². The molecule has 138 valence electrons. The molecular weight excluding hydrogens is 386 g/mol. The molecule has 0 bridgehead atoms. The Labute approximate surface area is 157 Å². The topological polar surface area (TPSA) is 53.1 Å². The summed E-state index contributed by atoms with van der Waals surface area (Å²) >= 11 is 3.38. The summed E-state index contributed by atoms with van der Waals surface area (Å²) < 4.78 is 6.73. The number of hydrogen-bond acceptors (Lipinski definition) is 4. The predicted molar refractivity (Wildman–Crippen MR) is 101 cm³/mol. The van der Waals surface area contributed by atoms with Gasteiger partial charge >= 0.3 is 0 Å². The number of amides is 2. The maximum absolute atomic E-state index is 12.7. The average Bonchev–Trinajstić information content (AvgIpc) is 2.81. The van der Waals surface area contributed by atoms with Crippen LogP contribution in [-0.4, -0.2) is 79.4 Å². The van der Waals surface area contributed by atoms with E-state index < -0.39 is 6.10 Å². The summed E-state index contributed by atoms with van der Waals surface area (Å²) in [6.45, 7) is 5.03. The predicted octanol–water partition coefficient (Wildman–Crippen LogP) is 1.84. The van der Waals surface area contributed by atoms with Gasteiger partial charge in [0, 0.05) is 44.7 Å². The van der Waals surface area contributed by atoms with Crippen molar-refractivity contribution in [1.29, 1.82) is 0 Å². The van der Waals surface area contributed by atoms with Gasteiger partial charge in [-0.1, -0.05) is 15.9 Å². The second kappa shape index (κ2) is 9.20. The van der Waals surface area contributed by atoms with Gasteiger partial charge in [0.05, 0.1) is 6.54 Å². The number of rotatable bonds is 5. The van der Waals surface area contributed by atoms with Crippen molar-refractivity contribution in [3.63, 3.8) is 0 Å². The Hall–Kier alpha value is -1.60. The van der Waals surface area contributed by atoms with Crippen molar-refractivity contribution in [2.45, 2.75) is 19.4 Å². The molecule has 2 amide bonds. The molecule has 0 radical (unpaired) electrons. The molecule has 1 unspecified atom stereocenters. The van der Waals surface area contributed by atoms with Crippen LogP contribution in [0, 0.1) is 0 Å². The van der Waals surface area contributed by atoms with Crippen molar-refractivity contribution in [3.05, 3.63) is 28.7 Å². The molecule has 1 fully saturated rings. The molecule has 1 heterocycles. The van der Waals surface area contributed by atoms with Crippen molar-refractivity contribution < 1.29 is 14.3 Å². The molecule has 1 aliphatic heterocycles. The third-order valence-corrected chi connectivity index (χ3v) is 4.76. The third-order valence-electron chi connectivity index (χ3n) is 4.23. The molecule has 1 atom stereocenters. The van der Waals surface area contributed by atoms with Gasteiger partial charge in [-0.25, -0.2) is 0 Å². The molecule has 0 aromatic heterocycles. The first-order valence-electron chi connectivity index (χ1n) is 8.50. The molecule has 0 aliphatic carbocycles. The van der Waals surface area contributed by atoms with E-state index in [4.69, 9.17) is 4.74 Å². The van der Waals surface area contributed by atoms with Crippen molar-refractivity contribution in [2.75, 3.05) is 46.8 Å². The van der Waals surface area contributed by atoms with Crippen LogP contribution in [0.2, 0.25) is 0 Å². The first-order valence-corrected chi connectivity index (χ1v) is 9.29. The number of halogens is 1. The Bertz CT molecular complexity index is 592. The summed E-state index contributed by atoms with van der Waals surface area (Å²) in [7, 11) is 3.52. The first kappa shape index (κ1) is 19.7. The highest BCUT2D eigenvalue weighted by molar-refractivity contribution is 9.10. The number of carbonyl (C=O) groups excluding carboxylic acids is 2. The zero-order valence-corrected chi connectivity index (χ0v) is 16.7. The lowest BCUT2D eigenvalue weighted by Crippen LogP contribution is -2.43. The lowest BCUT2D eigenvalue weighted by Gasteiger charge is -2.25. The maximum atomic E-state index is 12.7. The van der Waals surface area contributed by atoms with E-state index in [1.54, 1.807) is 25.9 Å². The van der Waals surface area contributed by atoms with Crippen LogP contribution in [0.1, 0.15) is 13.3 Å². The van der Waals surface area contributed by atoms with Gasteiger partial charge in [0.2, 0.25) is 5.91 Å². The molecule has 1 saturated heterocycles. The van der Waals surface area contributed by atoms with Gasteiger partial charge in [-0.05, 0) is 37.6 Å². The smallest absolute Gasteiger partial charge is 0.263 e. The Morgan fingerprint density at radius 1 is 1.16 bits per heavy atom. The molecule has 6 nitrogen and oxygen atoms in total. The van der Waals surface area contributed by atoms with Crippen LogP contribution in [0.3, 0.4) is 0 Å². The molecule has 0 spiro atoms. The lowest BCUT2D eigenvalue weighted by molar-refractivity contribution is -0.137. The fourth-order valence-electron chi connectivity index (χ4n) is 2.71. The molecule has 1 aromatic carbocycles. The normalized spacial score (nSPS) is 16.9. The summed E-state index contributed by atoms with van der Waals surface area (Å²) in [5.41, 5.74) is 0. The fourth-order valence-corrected chi connectivity index (χ4v) is 2.97. The van der Waals surface area contributed by atoms with Gasteiger partial charge in [-0.3, -0.25) is 14.5 Å². The van der Waals surface area contributed by atoms with E-state index in [0.717, 1.165) is 17.4 Å². The van der Waals surface area contributed by atoms with Crippen LogP contribution in [0.5, 0.6) is 5.75 Å². The number of nitrogens with zero attached hydrogens (tertiary/aromatic N) is 3. The Kier molecular flexibility index (Phi) is 7.25. The van der Waals surface area contributed by atoms with Crippen molar-refractivity contribution in [1.82, 2.24) is 14.7 Å². The highest BCUT2D eigenvalue weighted by atomic mass is 79.9. The summed E-state index contributed by atoms with van der Waals surface area (Å²) in [5, 5.41) is 0. The summed E-state index contributed by atoms with van der Waals surface area (Å²) in [6, 6.07) is 7.45. The molecule has 1 aromatic rings. The molecule has 7 heteroatoms. The van der Waals surface area contributed by atoms with E-state index in [1.165, 1.54) is 0 Å². The minimum Gasteiger partial charge on any atom is -0.481 e. The molecule has 1 aliphatic rings. The summed E-state index contributed by atoms with van der Waals surface area (Å²) in [5.74, 6) is 0.757. The van der Waals surface area contributed by atoms with Crippen LogP contribution in [-0.2, 0) is 9.59 Å². The number of hydrogen-bond donors (Lipinski definition) is 0. The first-order chi connectivity index (χ1) is 11.9. The minimum absolute atomic E-state index is 0.0105. The second-order valence-corrected chi connectivity index (χ2v) is 7.37. The number of benzene rings is 1. The van der Waals surface area contributed by atoms with Gasteiger partial charge in [-0.2, -0.15) is 0 Å². The molecular formula is C18H26BrN3O3. The monoisotopic (exact) mass is 411 g/mol. The van der Waals surface area contributed by atoms with Crippen LogP contribution >= 0.6 is 15.9 Å². The van der Waals surface area contributed by atoms with E-state index in [9.17, 15) is 9.59 Å². The van der Waals surface area contributed by atoms with E-state index >= 15 is 0 Å². The second-order valence-electron chi connectivity index (χ2n) is 6.46. The number of likely N-dealkylation sites (N-methyl/N-ethyl adjacent to an activating group) is 1. The maximum Gasteiger partial charge on any atom is 0.263 e. The van der Waals surface area contributed by atoms with Crippen LogP contribution in [0.4, 0.5) is 0 Å². The molecule has 0 N–H and O–H groups in total. The minimum atomic E-state index is -0.531. The number of carbonyl (C=O) groups is 2. The zero-order chi connectivity index (χ0) is 18.4. The van der Waals surface area contributed by atoms with Gasteiger partial charge in [0.15, 0.2) is 6.10 Å². The van der Waals surface area contributed by atoms with Gasteiger partial charge < -0.3 is 14.5 Å². The fraction of sp³-hybridized carbons (Fsp3) is 0.556. The summed E-state index contributed by atoms with van der Waals surface area (Å²) in [6.07, 6.45) is 0.327. The quantitative estimate of drug-likeness (QED) is 0.741. The van der Waals surface area contributed by atoms with E-state index in [0.29, 0.717) is 31.9 Å². The average molecular weight is 412 g/mol. The third kappa shape index (κ3) is 6.01. The van der Waals surface area contributed by atoms with Crippen LogP contribution < -0.4 is 4.74 Å². The van der Waals surface area contributed by atoms with E-state index in [1.807, 2.05) is 29.2 Å². The Morgan fingerprint density at radius 3 is 2.48 bits per heavy atom. The Morgan fingerprint density at radius 2 is 1.84 bits per heavy atom. The highest BCUT2D eigenvalue weighted by Gasteiger charge is 2.25. The SMILES string of the molecule is CC(Oc1ccc(Br)cc1)C(=O)N1CCCN(CC(=O)N(C)C)CC1. The van der Waals surface area contributed by atoms with Crippen LogP contribution in [0.25, 0.3) is 0 Å². The zero-order valence-electron chi connectivity index (χ0n) is 15.1. The Balaban J connectivity index is 1.87. The molecule has 2 rings (SSSR count). The van der Waals surface area contributed by atoms with Gasteiger partial charge in [0.25, 0.3) is 5.91 Å². The summed E-state index contributed by atoms with van der Waals surface area (Å²) in [4.78, 5) is 30.1. The van der Waals surface area contributed by atoms with Crippen molar-refractivity contribution >= 4 is 27.7 Å². The van der Waals surface area contributed by atoms with Gasteiger partial charge in [0.1, 0.15) is 5.75 Å². The number of ether oxygens (including phenoxy) is 1. The van der Waals surface area contributed by atoms with Crippen molar-refractivity contribution in [2.24, 2.45) is 0 Å².